The Bertz CT molecular complexity index is 498. The first kappa shape index (κ1) is 18.0. The van der Waals surface area contributed by atoms with Crippen LogP contribution in [0, 0.1) is 17.2 Å². The van der Waals surface area contributed by atoms with Gasteiger partial charge in [0.15, 0.2) is 0 Å². The van der Waals surface area contributed by atoms with Crippen molar-refractivity contribution in [3.63, 3.8) is 0 Å². The van der Waals surface area contributed by atoms with Gasteiger partial charge in [-0.3, -0.25) is 0 Å². The lowest BCUT2D eigenvalue weighted by molar-refractivity contribution is -0.0951. The SMILES string of the molecule is COC1(c2cccc(C#N)c2)CCCCC1CN(C)C.Cl. The predicted octanol–water partition coefficient (Wildman–Crippen LogP) is 3.57. The van der Waals surface area contributed by atoms with Crippen LogP contribution < -0.4 is 0 Å². The van der Waals surface area contributed by atoms with E-state index in [1.54, 1.807) is 0 Å². The average molecular weight is 309 g/mol. The largest absolute Gasteiger partial charge is 0.373 e. The zero-order chi connectivity index (χ0) is 14.6. The molecule has 0 bridgehead atoms. The number of nitriles is 1. The van der Waals surface area contributed by atoms with Gasteiger partial charge in [-0.05, 0) is 44.6 Å². The molecule has 1 fully saturated rings. The Labute approximate surface area is 134 Å². The van der Waals surface area contributed by atoms with Crippen molar-refractivity contribution >= 4 is 12.4 Å². The lowest BCUT2D eigenvalue weighted by atomic mass is 9.71. The second kappa shape index (κ2) is 7.79. The number of hydrogen-bond donors (Lipinski definition) is 0. The van der Waals surface area contributed by atoms with Crippen LogP contribution in [0.25, 0.3) is 0 Å². The minimum absolute atomic E-state index is 0. The number of ether oxygens (including phenoxy) is 1. The predicted molar refractivity (Wildman–Crippen MR) is 87.6 cm³/mol. The van der Waals surface area contributed by atoms with Crippen LogP contribution in [0.3, 0.4) is 0 Å². The fourth-order valence-electron chi connectivity index (χ4n) is 3.51. The van der Waals surface area contributed by atoms with E-state index in [0.717, 1.165) is 18.5 Å². The zero-order valence-electron chi connectivity index (χ0n) is 13.1. The molecule has 1 aliphatic rings. The highest BCUT2D eigenvalue weighted by Crippen LogP contribution is 2.44. The summed E-state index contributed by atoms with van der Waals surface area (Å²) < 4.78 is 6.04. The van der Waals surface area contributed by atoms with E-state index in [4.69, 9.17) is 10.00 Å². The van der Waals surface area contributed by atoms with Crippen LogP contribution >= 0.6 is 12.4 Å². The van der Waals surface area contributed by atoms with Crippen LogP contribution in [0.1, 0.15) is 36.8 Å². The molecule has 116 valence electrons. The number of benzene rings is 1. The highest BCUT2D eigenvalue weighted by Gasteiger charge is 2.42. The van der Waals surface area contributed by atoms with E-state index in [0.29, 0.717) is 11.5 Å². The summed E-state index contributed by atoms with van der Waals surface area (Å²) in [6.45, 7) is 1.02. The van der Waals surface area contributed by atoms with Gasteiger partial charge in [-0.1, -0.05) is 25.0 Å². The van der Waals surface area contributed by atoms with Crippen molar-refractivity contribution in [3.8, 4) is 6.07 Å². The number of methoxy groups -OCH3 is 1. The van der Waals surface area contributed by atoms with Gasteiger partial charge < -0.3 is 9.64 Å². The van der Waals surface area contributed by atoms with E-state index in [-0.39, 0.29) is 18.0 Å². The molecule has 0 aromatic heterocycles. The van der Waals surface area contributed by atoms with Crippen LogP contribution in [-0.2, 0) is 10.3 Å². The van der Waals surface area contributed by atoms with Gasteiger partial charge in [0.2, 0.25) is 0 Å². The smallest absolute Gasteiger partial charge is 0.0991 e. The van der Waals surface area contributed by atoms with Crippen LogP contribution in [0.4, 0.5) is 0 Å². The molecule has 4 heteroatoms. The summed E-state index contributed by atoms with van der Waals surface area (Å²) in [5.41, 5.74) is 1.63. The summed E-state index contributed by atoms with van der Waals surface area (Å²) in [5.74, 6) is 0.477. The quantitative estimate of drug-likeness (QED) is 0.853. The summed E-state index contributed by atoms with van der Waals surface area (Å²) in [6, 6.07) is 10.2. The maximum absolute atomic E-state index is 9.13. The minimum atomic E-state index is -0.241. The van der Waals surface area contributed by atoms with E-state index < -0.39 is 0 Å². The first-order valence-electron chi connectivity index (χ1n) is 7.33. The molecule has 1 aliphatic carbocycles. The molecular formula is C17H25ClN2O. The topological polar surface area (TPSA) is 36.3 Å². The van der Waals surface area contributed by atoms with Gasteiger partial charge >= 0.3 is 0 Å². The van der Waals surface area contributed by atoms with Crippen molar-refractivity contribution in [2.24, 2.45) is 5.92 Å². The Morgan fingerprint density at radius 2 is 2.14 bits per heavy atom. The van der Waals surface area contributed by atoms with Gasteiger partial charge in [-0.15, -0.1) is 12.4 Å². The van der Waals surface area contributed by atoms with E-state index in [9.17, 15) is 0 Å². The van der Waals surface area contributed by atoms with E-state index in [2.05, 4.69) is 31.1 Å². The molecule has 0 saturated heterocycles. The summed E-state index contributed by atoms with van der Waals surface area (Å²) in [5, 5.41) is 9.13. The summed E-state index contributed by atoms with van der Waals surface area (Å²) >= 11 is 0. The zero-order valence-corrected chi connectivity index (χ0v) is 13.9. The molecule has 0 heterocycles. The number of nitrogens with zero attached hydrogens (tertiary/aromatic N) is 2. The van der Waals surface area contributed by atoms with E-state index in [1.165, 1.54) is 19.3 Å². The van der Waals surface area contributed by atoms with Crippen LogP contribution in [0.5, 0.6) is 0 Å². The summed E-state index contributed by atoms with van der Waals surface area (Å²) in [6.07, 6.45) is 4.68. The Balaban J connectivity index is 0.00000220. The molecule has 21 heavy (non-hydrogen) atoms. The van der Waals surface area contributed by atoms with Gasteiger partial charge in [-0.2, -0.15) is 5.26 Å². The molecule has 0 amide bonds. The minimum Gasteiger partial charge on any atom is -0.373 e. The Morgan fingerprint density at radius 3 is 2.76 bits per heavy atom. The normalized spacial score (nSPS) is 25.2. The van der Waals surface area contributed by atoms with Crippen molar-refractivity contribution < 1.29 is 4.74 Å². The van der Waals surface area contributed by atoms with Crippen LogP contribution in [0.15, 0.2) is 24.3 Å². The molecule has 2 unspecified atom stereocenters. The third-order valence-corrected chi connectivity index (χ3v) is 4.44. The summed E-state index contributed by atoms with van der Waals surface area (Å²) in [4.78, 5) is 2.23. The molecule has 1 saturated carbocycles. The number of rotatable bonds is 4. The number of halogens is 1. The van der Waals surface area contributed by atoms with Crippen molar-refractivity contribution in [1.29, 1.82) is 5.26 Å². The second-order valence-corrected chi connectivity index (χ2v) is 5.99. The molecule has 1 aromatic carbocycles. The lowest BCUT2D eigenvalue weighted by Gasteiger charge is -2.44. The molecule has 0 radical (unpaired) electrons. The monoisotopic (exact) mass is 308 g/mol. The maximum atomic E-state index is 9.13. The lowest BCUT2D eigenvalue weighted by Crippen LogP contribution is -2.44. The number of hydrogen-bond acceptors (Lipinski definition) is 3. The molecule has 0 aliphatic heterocycles. The van der Waals surface area contributed by atoms with Crippen molar-refractivity contribution in [2.75, 3.05) is 27.7 Å². The Kier molecular flexibility index (Phi) is 6.67. The molecule has 3 nitrogen and oxygen atoms in total. The Morgan fingerprint density at radius 1 is 1.38 bits per heavy atom. The third-order valence-electron chi connectivity index (χ3n) is 4.44. The molecule has 1 aromatic rings. The van der Waals surface area contributed by atoms with Gasteiger partial charge in [0.05, 0.1) is 17.2 Å². The molecular weight excluding hydrogens is 284 g/mol. The van der Waals surface area contributed by atoms with Crippen LogP contribution in [0.2, 0.25) is 0 Å². The first-order valence-corrected chi connectivity index (χ1v) is 7.33. The van der Waals surface area contributed by atoms with Gasteiger partial charge in [0.1, 0.15) is 0 Å². The van der Waals surface area contributed by atoms with Crippen molar-refractivity contribution in [2.45, 2.75) is 31.3 Å². The van der Waals surface area contributed by atoms with Gasteiger partial charge in [-0.25, -0.2) is 0 Å². The molecule has 2 rings (SSSR count). The average Bonchev–Trinajstić information content (AvgIpc) is 2.47. The molecule has 2 atom stereocenters. The van der Waals surface area contributed by atoms with E-state index >= 15 is 0 Å². The van der Waals surface area contributed by atoms with E-state index in [1.807, 2.05) is 25.3 Å². The third kappa shape index (κ3) is 3.77. The maximum Gasteiger partial charge on any atom is 0.0991 e. The Hall–Kier alpha value is -1.08. The fraction of sp³-hybridized carbons (Fsp3) is 0.588. The standard InChI is InChI=1S/C17H24N2O.ClH/c1-19(2)13-16-8-4-5-10-17(16,20-3)15-9-6-7-14(11-15)12-18;/h6-7,9,11,16H,4-5,8,10,13H2,1-3H3;1H. The van der Waals surface area contributed by atoms with Gasteiger partial charge in [0, 0.05) is 19.6 Å². The molecule has 0 spiro atoms. The second-order valence-electron chi connectivity index (χ2n) is 5.99. The summed E-state index contributed by atoms with van der Waals surface area (Å²) in [7, 11) is 6.04. The highest BCUT2D eigenvalue weighted by molar-refractivity contribution is 5.85. The molecule has 0 N–H and O–H groups in total. The fourth-order valence-corrected chi connectivity index (χ4v) is 3.51. The van der Waals surface area contributed by atoms with Crippen molar-refractivity contribution in [3.05, 3.63) is 35.4 Å². The van der Waals surface area contributed by atoms with Gasteiger partial charge in [0.25, 0.3) is 0 Å². The first-order chi connectivity index (χ1) is 9.62. The highest BCUT2D eigenvalue weighted by atomic mass is 35.5. The van der Waals surface area contributed by atoms with Crippen molar-refractivity contribution in [1.82, 2.24) is 4.90 Å². The van der Waals surface area contributed by atoms with Crippen LogP contribution in [-0.4, -0.2) is 32.6 Å².